The Bertz CT molecular complexity index is 318. The summed E-state index contributed by atoms with van der Waals surface area (Å²) in [6.45, 7) is 3.02. The first-order valence-electron chi connectivity index (χ1n) is 4.95. The molecular formula is C12H14ClN. The maximum Gasteiger partial charge on any atom is 0.0342 e. The molecule has 0 atom stereocenters. The zero-order valence-electron chi connectivity index (χ0n) is 8.12. The first kappa shape index (κ1) is 9.75. The first-order chi connectivity index (χ1) is 6.84. The lowest BCUT2D eigenvalue weighted by Crippen LogP contribution is -2.28. The van der Waals surface area contributed by atoms with Gasteiger partial charge in [-0.05, 0) is 12.0 Å². The molecule has 0 unspecified atom stereocenters. The van der Waals surface area contributed by atoms with Crippen molar-refractivity contribution in [3.05, 3.63) is 47.0 Å². The Morgan fingerprint density at radius 2 is 2.00 bits per heavy atom. The lowest BCUT2D eigenvalue weighted by molar-refractivity contribution is 0.288. The second-order valence-electron chi connectivity index (χ2n) is 3.64. The maximum atomic E-state index is 6.00. The van der Waals surface area contributed by atoms with Gasteiger partial charge in [0.2, 0.25) is 0 Å². The van der Waals surface area contributed by atoms with E-state index in [0.717, 1.165) is 31.1 Å². The van der Waals surface area contributed by atoms with E-state index in [-0.39, 0.29) is 0 Å². The highest BCUT2D eigenvalue weighted by molar-refractivity contribution is 6.29. The van der Waals surface area contributed by atoms with Crippen LogP contribution in [-0.4, -0.2) is 18.0 Å². The quantitative estimate of drug-likeness (QED) is 0.721. The van der Waals surface area contributed by atoms with Crippen molar-refractivity contribution in [2.45, 2.75) is 13.0 Å². The SMILES string of the molecule is ClC1=CCCN(Cc2ccccc2)C1. The van der Waals surface area contributed by atoms with Gasteiger partial charge in [0.15, 0.2) is 0 Å². The maximum absolute atomic E-state index is 6.00. The number of halogens is 1. The Morgan fingerprint density at radius 3 is 2.71 bits per heavy atom. The summed E-state index contributed by atoms with van der Waals surface area (Å²) < 4.78 is 0. The molecule has 0 spiro atoms. The molecule has 0 aliphatic carbocycles. The molecule has 2 rings (SSSR count). The van der Waals surface area contributed by atoms with Crippen LogP contribution in [0.1, 0.15) is 12.0 Å². The summed E-state index contributed by atoms with van der Waals surface area (Å²) in [5, 5.41) is 0.979. The van der Waals surface area contributed by atoms with E-state index in [9.17, 15) is 0 Å². The molecule has 0 N–H and O–H groups in total. The zero-order valence-corrected chi connectivity index (χ0v) is 8.87. The van der Waals surface area contributed by atoms with Gasteiger partial charge in [-0.3, -0.25) is 4.90 Å². The van der Waals surface area contributed by atoms with Crippen LogP contribution in [0.25, 0.3) is 0 Å². The first-order valence-corrected chi connectivity index (χ1v) is 5.33. The highest BCUT2D eigenvalue weighted by atomic mass is 35.5. The second kappa shape index (κ2) is 4.63. The summed E-state index contributed by atoms with van der Waals surface area (Å²) in [6.07, 6.45) is 3.19. The van der Waals surface area contributed by atoms with Crippen LogP contribution < -0.4 is 0 Å². The van der Waals surface area contributed by atoms with Crippen LogP contribution in [0.15, 0.2) is 41.4 Å². The number of nitrogens with zero attached hydrogens (tertiary/aromatic N) is 1. The predicted octanol–water partition coefficient (Wildman–Crippen LogP) is 3.02. The van der Waals surface area contributed by atoms with Gasteiger partial charge in [-0.15, -0.1) is 0 Å². The molecule has 1 aromatic rings. The summed E-state index contributed by atoms with van der Waals surface area (Å²) in [4.78, 5) is 2.37. The topological polar surface area (TPSA) is 3.24 Å². The molecule has 0 saturated carbocycles. The van der Waals surface area contributed by atoms with Crippen LogP contribution in [0.4, 0.5) is 0 Å². The molecule has 0 radical (unpaired) electrons. The van der Waals surface area contributed by atoms with E-state index in [2.05, 4.69) is 35.2 Å². The molecule has 1 nitrogen and oxygen atoms in total. The molecule has 1 aliphatic rings. The average Bonchev–Trinajstić information content (AvgIpc) is 2.19. The van der Waals surface area contributed by atoms with E-state index in [1.807, 2.05) is 6.07 Å². The summed E-state index contributed by atoms with van der Waals surface area (Å²) >= 11 is 6.00. The molecule has 14 heavy (non-hydrogen) atoms. The molecule has 0 aromatic heterocycles. The molecule has 1 heterocycles. The van der Waals surface area contributed by atoms with E-state index < -0.39 is 0 Å². The molecule has 74 valence electrons. The lowest BCUT2D eigenvalue weighted by atomic mass is 10.2. The van der Waals surface area contributed by atoms with Gasteiger partial charge in [0.25, 0.3) is 0 Å². The Morgan fingerprint density at radius 1 is 1.21 bits per heavy atom. The van der Waals surface area contributed by atoms with Crippen molar-refractivity contribution in [2.24, 2.45) is 0 Å². The molecule has 0 saturated heterocycles. The van der Waals surface area contributed by atoms with Crippen molar-refractivity contribution in [1.82, 2.24) is 4.90 Å². The molecule has 0 fully saturated rings. The molecule has 1 aliphatic heterocycles. The van der Waals surface area contributed by atoms with E-state index in [1.165, 1.54) is 5.56 Å². The van der Waals surface area contributed by atoms with Crippen molar-refractivity contribution >= 4 is 11.6 Å². The Labute approximate surface area is 90.0 Å². The van der Waals surface area contributed by atoms with Gasteiger partial charge in [-0.2, -0.15) is 0 Å². The largest absolute Gasteiger partial charge is 0.294 e. The van der Waals surface area contributed by atoms with Crippen LogP contribution in [0, 0.1) is 0 Å². The van der Waals surface area contributed by atoms with Crippen LogP contribution in [0.5, 0.6) is 0 Å². The highest BCUT2D eigenvalue weighted by Gasteiger charge is 2.10. The Kier molecular flexibility index (Phi) is 3.22. The zero-order chi connectivity index (χ0) is 9.80. The number of hydrogen-bond donors (Lipinski definition) is 0. The van der Waals surface area contributed by atoms with Crippen molar-refractivity contribution in [3.63, 3.8) is 0 Å². The van der Waals surface area contributed by atoms with Crippen molar-refractivity contribution < 1.29 is 0 Å². The van der Waals surface area contributed by atoms with Crippen molar-refractivity contribution in [2.75, 3.05) is 13.1 Å². The third-order valence-corrected chi connectivity index (χ3v) is 2.71. The minimum atomic E-state index is 0.899. The average molecular weight is 208 g/mol. The Hall–Kier alpha value is -0.790. The smallest absolute Gasteiger partial charge is 0.0342 e. The van der Waals surface area contributed by atoms with Crippen LogP contribution >= 0.6 is 11.6 Å². The summed E-state index contributed by atoms with van der Waals surface area (Å²) in [6, 6.07) is 10.5. The fourth-order valence-corrected chi connectivity index (χ4v) is 2.02. The van der Waals surface area contributed by atoms with E-state index in [4.69, 9.17) is 11.6 Å². The standard InChI is InChI=1S/C12H14ClN/c13-12-7-4-8-14(10-12)9-11-5-2-1-3-6-11/h1-3,5-7H,4,8-10H2. The fraction of sp³-hybridized carbons (Fsp3) is 0.333. The normalized spacial score (nSPS) is 17.9. The molecule has 1 aromatic carbocycles. The van der Waals surface area contributed by atoms with Gasteiger partial charge in [0, 0.05) is 24.7 Å². The van der Waals surface area contributed by atoms with E-state index in [1.54, 1.807) is 0 Å². The fourth-order valence-electron chi connectivity index (χ4n) is 1.74. The van der Waals surface area contributed by atoms with E-state index in [0.29, 0.717) is 0 Å². The van der Waals surface area contributed by atoms with Crippen LogP contribution in [0.2, 0.25) is 0 Å². The van der Waals surface area contributed by atoms with Gasteiger partial charge in [-0.1, -0.05) is 48.0 Å². The third kappa shape index (κ3) is 2.60. The molecule has 0 amide bonds. The minimum absolute atomic E-state index is 0.899. The van der Waals surface area contributed by atoms with Gasteiger partial charge >= 0.3 is 0 Å². The monoisotopic (exact) mass is 207 g/mol. The van der Waals surface area contributed by atoms with Gasteiger partial charge in [0.05, 0.1) is 0 Å². The summed E-state index contributed by atoms with van der Waals surface area (Å²) in [7, 11) is 0. The summed E-state index contributed by atoms with van der Waals surface area (Å²) in [5.74, 6) is 0. The summed E-state index contributed by atoms with van der Waals surface area (Å²) in [5.41, 5.74) is 1.36. The molecular weight excluding hydrogens is 194 g/mol. The van der Waals surface area contributed by atoms with Crippen molar-refractivity contribution in [3.8, 4) is 0 Å². The van der Waals surface area contributed by atoms with Gasteiger partial charge in [0.1, 0.15) is 0 Å². The van der Waals surface area contributed by atoms with Crippen molar-refractivity contribution in [1.29, 1.82) is 0 Å². The molecule has 0 bridgehead atoms. The van der Waals surface area contributed by atoms with Gasteiger partial charge in [-0.25, -0.2) is 0 Å². The second-order valence-corrected chi connectivity index (χ2v) is 4.12. The lowest BCUT2D eigenvalue weighted by Gasteiger charge is -2.24. The molecule has 2 heteroatoms. The Balaban J connectivity index is 1.96. The number of rotatable bonds is 2. The number of benzene rings is 1. The van der Waals surface area contributed by atoms with Crippen LogP contribution in [0.3, 0.4) is 0 Å². The van der Waals surface area contributed by atoms with E-state index >= 15 is 0 Å². The highest BCUT2D eigenvalue weighted by Crippen LogP contribution is 2.15. The van der Waals surface area contributed by atoms with Gasteiger partial charge < -0.3 is 0 Å². The predicted molar refractivity (Wildman–Crippen MR) is 60.3 cm³/mol. The minimum Gasteiger partial charge on any atom is -0.294 e. The third-order valence-electron chi connectivity index (χ3n) is 2.43. The number of hydrogen-bond acceptors (Lipinski definition) is 1. The van der Waals surface area contributed by atoms with Crippen LogP contribution in [-0.2, 0) is 6.54 Å².